The van der Waals surface area contributed by atoms with Crippen molar-refractivity contribution < 1.29 is 0 Å². The molecule has 4 aliphatic rings. The molecule has 0 saturated heterocycles. The van der Waals surface area contributed by atoms with Crippen molar-refractivity contribution in [3.63, 3.8) is 0 Å². The third-order valence-electron chi connectivity index (χ3n) is 17.7. The van der Waals surface area contributed by atoms with Crippen LogP contribution < -0.4 is 0 Å². The van der Waals surface area contributed by atoms with Gasteiger partial charge >= 0.3 is 0 Å². The van der Waals surface area contributed by atoms with Crippen molar-refractivity contribution in [2.75, 3.05) is 0 Å². The maximum absolute atomic E-state index is 2.54. The van der Waals surface area contributed by atoms with Crippen LogP contribution in [0, 0.1) is 0 Å². The van der Waals surface area contributed by atoms with Crippen molar-refractivity contribution in [3.05, 3.63) is 192 Å². The van der Waals surface area contributed by atoms with Crippen molar-refractivity contribution >= 4 is 116 Å². The van der Waals surface area contributed by atoms with Gasteiger partial charge in [0.1, 0.15) is 0 Å². The molecule has 0 fully saturated rings. The molecule has 0 bridgehead atoms. The summed E-state index contributed by atoms with van der Waals surface area (Å²) >= 11 is 5.84. The standard InChI is InChI=1S/C68H40S3/c1-67(2)47-16-8-13-38-39-14-9-17-52-59(39)65-56(70-52)32-44(42-23-24-48(67)63(57(38)47)62(42)65)35-20-26-51-45(27-35)37-21-19-34(30-54(37)69-51)36-28-46-40-15-10-18-53-60(40)66-55(71-53)31-43(33-11-6-5-7-12-33)41-22-25-49-64(61(41)66)58(46)50(29-36)68(49,3)4/h5-32H,1-4H3. The van der Waals surface area contributed by atoms with Gasteiger partial charge in [-0.25, -0.2) is 0 Å². The van der Waals surface area contributed by atoms with Gasteiger partial charge in [-0.15, -0.1) is 34.0 Å². The summed E-state index contributed by atoms with van der Waals surface area (Å²) in [5.41, 5.74) is 24.6. The predicted octanol–water partition coefficient (Wildman–Crippen LogP) is 20.7. The largest absolute Gasteiger partial charge is 0.135 e. The molecule has 3 aromatic heterocycles. The van der Waals surface area contributed by atoms with E-state index in [0.29, 0.717) is 0 Å². The van der Waals surface area contributed by atoms with E-state index < -0.39 is 0 Å². The Kier molecular flexibility index (Phi) is 6.78. The Balaban J connectivity index is 0.834. The van der Waals surface area contributed by atoms with E-state index in [-0.39, 0.29) is 10.8 Å². The molecule has 0 aliphatic heterocycles. The second-order valence-corrected chi connectivity index (χ2v) is 25.0. The second kappa shape index (κ2) is 12.5. The van der Waals surface area contributed by atoms with E-state index in [2.05, 4.69) is 198 Å². The molecule has 0 atom stereocenters. The van der Waals surface area contributed by atoms with Gasteiger partial charge in [0.25, 0.3) is 0 Å². The first-order valence-corrected chi connectivity index (χ1v) is 27.4. The van der Waals surface area contributed by atoms with Crippen LogP contribution in [0.3, 0.4) is 0 Å². The number of fused-ring (bicyclic) bond motifs is 5. The Morgan fingerprint density at radius 1 is 0.254 bits per heavy atom. The van der Waals surface area contributed by atoms with Gasteiger partial charge in [-0.1, -0.05) is 143 Å². The number of hydrogen-bond donors (Lipinski definition) is 0. The first-order valence-electron chi connectivity index (χ1n) is 25.0. The van der Waals surface area contributed by atoms with Gasteiger partial charge in [-0.3, -0.25) is 0 Å². The first-order chi connectivity index (χ1) is 34.7. The maximum Gasteiger partial charge on any atom is 0.0368 e. The highest BCUT2D eigenvalue weighted by atomic mass is 32.1. The average Bonchev–Trinajstić information content (AvgIpc) is 4.14. The van der Waals surface area contributed by atoms with E-state index in [1.54, 1.807) is 0 Å². The molecule has 14 aromatic rings. The molecule has 3 heterocycles. The highest BCUT2D eigenvalue weighted by Crippen LogP contribution is 2.63. The lowest BCUT2D eigenvalue weighted by Crippen LogP contribution is -2.15. The van der Waals surface area contributed by atoms with Gasteiger partial charge < -0.3 is 0 Å². The lowest BCUT2D eigenvalue weighted by atomic mass is 9.79. The molecule has 0 unspecified atom stereocenters. The van der Waals surface area contributed by atoms with Gasteiger partial charge in [-0.05, 0) is 176 Å². The summed E-state index contributed by atoms with van der Waals surface area (Å²) in [6.45, 7) is 9.75. The molecule has 0 amide bonds. The quantitative estimate of drug-likeness (QED) is 0.166. The number of hydrogen-bond acceptors (Lipinski definition) is 3. The summed E-state index contributed by atoms with van der Waals surface area (Å²) in [5, 5.41) is 13.9. The average molecular weight is 953 g/mol. The molecule has 0 N–H and O–H groups in total. The zero-order valence-electron chi connectivity index (χ0n) is 39.4. The van der Waals surface area contributed by atoms with E-state index in [9.17, 15) is 0 Å². The van der Waals surface area contributed by atoms with Crippen LogP contribution in [0.25, 0.3) is 160 Å². The normalized spacial score (nSPS) is 15.0. The Morgan fingerprint density at radius 3 is 1.52 bits per heavy atom. The molecule has 11 aromatic carbocycles. The third kappa shape index (κ3) is 4.48. The number of rotatable bonds is 3. The summed E-state index contributed by atoms with van der Waals surface area (Å²) < 4.78 is 8.15. The molecule has 3 heteroatoms. The minimum Gasteiger partial charge on any atom is -0.135 e. The molecule has 18 rings (SSSR count). The van der Waals surface area contributed by atoms with E-state index in [1.165, 1.54) is 182 Å². The molecule has 4 aliphatic carbocycles. The molecular formula is C68H40S3. The van der Waals surface area contributed by atoms with Crippen molar-refractivity contribution in [2.45, 2.75) is 38.5 Å². The predicted molar refractivity (Wildman–Crippen MR) is 310 cm³/mol. The van der Waals surface area contributed by atoms with Gasteiger partial charge in [0.2, 0.25) is 0 Å². The van der Waals surface area contributed by atoms with Crippen molar-refractivity contribution in [1.82, 2.24) is 0 Å². The highest BCUT2D eigenvalue weighted by Gasteiger charge is 2.42. The summed E-state index contributed by atoms with van der Waals surface area (Å²) in [6, 6.07) is 66.4. The SMILES string of the molecule is CC1(C)c2cccc3c2-c2c1ccc1c(-c4ccc5sc6cc(-c7cc8c9c(c7)C(C)(C)c7ccc%10c(-c%11ccccc%11)cc%11sc%12cccc-8c%12c%11c%10c7-9)ccc6c5c4)cc4sc5cccc-3c5c4c21. The van der Waals surface area contributed by atoms with Gasteiger partial charge in [0, 0.05) is 71.3 Å². The Labute approximate surface area is 421 Å². The zero-order chi connectivity index (χ0) is 46.6. The summed E-state index contributed by atoms with van der Waals surface area (Å²) in [6.07, 6.45) is 0. The minimum atomic E-state index is -0.163. The fourth-order valence-corrected chi connectivity index (χ4v) is 18.0. The molecule has 71 heavy (non-hydrogen) atoms. The maximum atomic E-state index is 2.54. The van der Waals surface area contributed by atoms with Crippen LogP contribution in [0.5, 0.6) is 0 Å². The van der Waals surface area contributed by atoms with E-state index >= 15 is 0 Å². The van der Waals surface area contributed by atoms with Crippen LogP contribution in [-0.2, 0) is 10.8 Å². The van der Waals surface area contributed by atoms with E-state index in [0.717, 1.165) is 0 Å². The summed E-state index contributed by atoms with van der Waals surface area (Å²) in [7, 11) is 0. The molecule has 0 saturated carbocycles. The highest BCUT2D eigenvalue weighted by molar-refractivity contribution is 7.27. The lowest BCUT2D eigenvalue weighted by Gasteiger charge is -2.23. The Bertz CT molecular complexity index is 4910. The lowest BCUT2D eigenvalue weighted by molar-refractivity contribution is 0.661. The third-order valence-corrected chi connectivity index (χ3v) is 21.0. The van der Waals surface area contributed by atoms with Crippen LogP contribution in [-0.4, -0.2) is 0 Å². The zero-order valence-corrected chi connectivity index (χ0v) is 41.8. The number of benzene rings is 11. The summed E-state index contributed by atoms with van der Waals surface area (Å²) in [5.74, 6) is 0. The van der Waals surface area contributed by atoms with Crippen molar-refractivity contribution in [3.8, 4) is 77.9 Å². The van der Waals surface area contributed by atoms with Crippen LogP contribution in [0.15, 0.2) is 170 Å². The Hall–Kier alpha value is -7.40. The Morgan fingerprint density at radius 2 is 0.817 bits per heavy atom. The van der Waals surface area contributed by atoms with Crippen molar-refractivity contribution in [1.29, 1.82) is 0 Å². The molecule has 330 valence electrons. The molecule has 0 spiro atoms. The summed E-state index contributed by atoms with van der Waals surface area (Å²) in [4.78, 5) is 0. The fraction of sp³-hybridized carbons (Fsp3) is 0.0882. The van der Waals surface area contributed by atoms with E-state index in [4.69, 9.17) is 0 Å². The van der Waals surface area contributed by atoms with Crippen LogP contribution >= 0.6 is 34.0 Å². The molecule has 0 nitrogen and oxygen atoms in total. The first kappa shape index (κ1) is 38.4. The van der Waals surface area contributed by atoms with Crippen molar-refractivity contribution in [2.24, 2.45) is 0 Å². The van der Waals surface area contributed by atoms with Crippen LogP contribution in [0.2, 0.25) is 0 Å². The topological polar surface area (TPSA) is 0 Å². The van der Waals surface area contributed by atoms with E-state index in [1.807, 2.05) is 34.0 Å². The fourth-order valence-electron chi connectivity index (χ4n) is 14.5. The second-order valence-electron chi connectivity index (χ2n) is 21.8. The van der Waals surface area contributed by atoms with Crippen LogP contribution in [0.1, 0.15) is 49.9 Å². The monoisotopic (exact) mass is 952 g/mol. The van der Waals surface area contributed by atoms with Crippen LogP contribution in [0.4, 0.5) is 0 Å². The number of thiophene rings is 3. The minimum absolute atomic E-state index is 0.0695. The van der Waals surface area contributed by atoms with Gasteiger partial charge in [0.05, 0.1) is 0 Å². The molecule has 0 radical (unpaired) electrons. The molecular weight excluding hydrogens is 913 g/mol. The van der Waals surface area contributed by atoms with Gasteiger partial charge in [-0.2, -0.15) is 0 Å². The van der Waals surface area contributed by atoms with Gasteiger partial charge in [0.15, 0.2) is 0 Å². The smallest absolute Gasteiger partial charge is 0.0368 e.